The van der Waals surface area contributed by atoms with E-state index >= 15 is 0 Å². The molecule has 1 atom stereocenters. The molecular weight excluding hydrogens is 296 g/mol. The fraction of sp³-hybridized carbons (Fsp3) is 0.923. The number of aliphatic hydroxyl groups is 1. The highest BCUT2D eigenvalue weighted by Crippen LogP contribution is 2.14. The molecule has 1 rings (SSSR count). The summed E-state index contributed by atoms with van der Waals surface area (Å²) < 4.78 is 31.2. The third-order valence-corrected chi connectivity index (χ3v) is 5.06. The second-order valence-corrected chi connectivity index (χ2v) is 7.15. The van der Waals surface area contributed by atoms with Gasteiger partial charge in [0, 0.05) is 13.1 Å². The van der Waals surface area contributed by atoms with Gasteiger partial charge >= 0.3 is 0 Å². The maximum absolute atomic E-state index is 12.2. The average Bonchev–Trinajstić information content (AvgIpc) is 2.44. The normalized spacial score (nSPS) is 18.7. The highest BCUT2D eigenvalue weighted by molar-refractivity contribution is 7.89. The average molecular weight is 322 g/mol. The third kappa shape index (κ3) is 6.29. The van der Waals surface area contributed by atoms with Crippen LogP contribution in [0.4, 0.5) is 0 Å². The number of hydrogen-bond acceptors (Lipinski definition) is 5. The number of piperidine rings is 1. The molecule has 0 aromatic rings. The van der Waals surface area contributed by atoms with Crippen molar-refractivity contribution in [3.63, 3.8) is 0 Å². The second kappa shape index (κ2) is 8.67. The molecule has 7 nitrogen and oxygen atoms in total. The first-order valence-corrected chi connectivity index (χ1v) is 9.06. The van der Waals surface area contributed by atoms with Crippen molar-refractivity contribution in [3.8, 4) is 0 Å². The SMILES string of the molecule is CCCS(=O)(=O)NC(C)C(=O)N1CCC(OCCO)CC1. The van der Waals surface area contributed by atoms with E-state index in [9.17, 15) is 13.2 Å². The van der Waals surface area contributed by atoms with Crippen molar-refractivity contribution in [1.82, 2.24) is 9.62 Å². The fourth-order valence-electron chi connectivity index (χ4n) is 2.38. The Bertz CT molecular complexity index is 418. The van der Waals surface area contributed by atoms with E-state index in [0.717, 1.165) is 0 Å². The molecule has 124 valence electrons. The summed E-state index contributed by atoms with van der Waals surface area (Å²) in [6.45, 7) is 4.76. The standard InChI is InChI=1S/C13H26N2O5S/c1-3-10-21(18,19)14-11(2)13(17)15-6-4-12(5-7-15)20-9-8-16/h11-12,14,16H,3-10H2,1-2H3. The lowest BCUT2D eigenvalue weighted by molar-refractivity contribution is -0.135. The van der Waals surface area contributed by atoms with Crippen molar-refractivity contribution in [2.24, 2.45) is 0 Å². The van der Waals surface area contributed by atoms with E-state index in [1.54, 1.807) is 18.7 Å². The molecule has 1 fully saturated rings. The molecule has 0 aromatic carbocycles. The molecule has 1 amide bonds. The Morgan fingerprint density at radius 1 is 1.43 bits per heavy atom. The van der Waals surface area contributed by atoms with Gasteiger partial charge in [-0.05, 0) is 26.2 Å². The highest BCUT2D eigenvalue weighted by Gasteiger charge is 2.28. The Balaban J connectivity index is 2.42. The molecule has 1 aliphatic heterocycles. The molecule has 1 heterocycles. The Kier molecular flexibility index (Phi) is 7.58. The summed E-state index contributed by atoms with van der Waals surface area (Å²) >= 11 is 0. The first-order valence-electron chi connectivity index (χ1n) is 7.41. The summed E-state index contributed by atoms with van der Waals surface area (Å²) in [7, 11) is -3.39. The quantitative estimate of drug-likeness (QED) is 0.640. The lowest BCUT2D eigenvalue weighted by Crippen LogP contribution is -2.50. The van der Waals surface area contributed by atoms with Gasteiger partial charge in [-0.15, -0.1) is 0 Å². The van der Waals surface area contributed by atoms with Gasteiger partial charge in [-0.1, -0.05) is 6.92 Å². The topological polar surface area (TPSA) is 95.9 Å². The van der Waals surface area contributed by atoms with Gasteiger partial charge < -0.3 is 14.7 Å². The van der Waals surface area contributed by atoms with Gasteiger partial charge in [0.2, 0.25) is 15.9 Å². The van der Waals surface area contributed by atoms with Crippen molar-refractivity contribution in [3.05, 3.63) is 0 Å². The van der Waals surface area contributed by atoms with Crippen LogP contribution >= 0.6 is 0 Å². The van der Waals surface area contributed by atoms with Gasteiger partial charge in [-0.2, -0.15) is 0 Å². The van der Waals surface area contributed by atoms with Gasteiger partial charge in [0.15, 0.2) is 0 Å². The van der Waals surface area contributed by atoms with Crippen LogP contribution in [0, 0.1) is 0 Å². The maximum Gasteiger partial charge on any atom is 0.240 e. The number of nitrogens with one attached hydrogen (secondary N) is 1. The molecule has 1 saturated heterocycles. The number of hydrogen-bond donors (Lipinski definition) is 2. The number of carbonyl (C=O) groups is 1. The summed E-state index contributed by atoms with van der Waals surface area (Å²) in [6, 6.07) is -0.739. The van der Waals surface area contributed by atoms with E-state index in [2.05, 4.69) is 4.72 Å². The van der Waals surface area contributed by atoms with E-state index in [-0.39, 0.29) is 24.4 Å². The Morgan fingerprint density at radius 2 is 2.05 bits per heavy atom. The third-order valence-electron chi connectivity index (χ3n) is 3.40. The first-order chi connectivity index (χ1) is 9.89. The lowest BCUT2D eigenvalue weighted by Gasteiger charge is -2.33. The minimum atomic E-state index is -3.39. The van der Waals surface area contributed by atoms with Crippen LogP contribution in [0.3, 0.4) is 0 Å². The zero-order valence-electron chi connectivity index (χ0n) is 12.7. The summed E-state index contributed by atoms with van der Waals surface area (Å²) in [5.74, 6) is -0.169. The van der Waals surface area contributed by atoms with Crippen LogP contribution in [0.1, 0.15) is 33.1 Å². The Hall–Kier alpha value is -0.700. The van der Waals surface area contributed by atoms with E-state index in [1.807, 2.05) is 0 Å². The number of carbonyl (C=O) groups excluding carboxylic acids is 1. The molecule has 1 aliphatic rings. The molecular formula is C13H26N2O5S. The number of sulfonamides is 1. The molecule has 0 radical (unpaired) electrons. The number of rotatable bonds is 8. The van der Waals surface area contributed by atoms with Gasteiger partial charge in [-0.3, -0.25) is 4.79 Å². The molecule has 0 aromatic heterocycles. The second-order valence-electron chi connectivity index (χ2n) is 5.28. The van der Waals surface area contributed by atoms with Crippen molar-refractivity contribution in [1.29, 1.82) is 0 Å². The summed E-state index contributed by atoms with van der Waals surface area (Å²) in [6.07, 6.45) is 2.00. The molecule has 21 heavy (non-hydrogen) atoms. The van der Waals surface area contributed by atoms with Gasteiger partial charge in [0.25, 0.3) is 0 Å². The predicted octanol–water partition coefficient (Wildman–Crippen LogP) is -0.296. The highest BCUT2D eigenvalue weighted by atomic mass is 32.2. The van der Waals surface area contributed by atoms with Crippen molar-refractivity contribution >= 4 is 15.9 Å². The number of nitrogens with zero attached hydrogens (tertiary/aromatic N) is 1. The van der Waals surface area contributed by atoms with Crippen LogP contribution in [0.25, 0.3) is 0 Å². The monoisotopic (exact) mass is 322 g/mol. The molecule has 0 spiro atoms. The Labute approximate surface area is 126 Å². The zero-order chi connectivity index (χ0) is 15.9. The van der Waals surface area contributed by atoms with E-state index in [4.69, 9.17) is 9.84 Å². The molecule has 2 N–H and O–H groups in total. The minimum Gasteiger partial charge on any atom is -0.394 e. The van der Waals surface area contributed by atoms with Crippen molar-refractivity contribution in [2.45, 2.75) is 45.3 Å². The molecule has 0 aliphatic carbocycles. The number of likely N-dealkylation sites (tertiary alicyclic amines) is 1. The zero-order valence-corrected chi connectivity index (χ0v) is 13.6. The van der Waals surface area contributed by atoms with Gasteiger partial charge in [-0.25, -0.2) is 13.1 Å². The minimum absolute atomic E-state index is 0.00458. The Morgan fingerprint density at radius 3 is 2.57 bits per heavy atom. The summed E-state index contributed by atoms with van der Waals surface area (Å²) in [5, 5.41) is 8.71. The van der Waals surface area contributed by atoms with E-state index < -0.39 is 16.1 Å². The van der Waals surface area contributed by atoms with Gasteiger partial charge in [0.1, 0.15) is 0 Å². The number of aliphatic hydroxyl groups excluding tert-OH is 1. The lowest BCUT2D eigenvalue weighted by atomic mass is 10.1. The summed E-state index contributed by atoms with van der Waals surface area (Å²) in [4.78, 5) is 13.9. The van der Waals surface area contributed by atoms with Crippen molar-refractivity contribution < 1.29 is 23.1 Å². The molecule has 0 bridgehead atoms. The van der Waals surface area contributed by atoms with E-state index in [1.165, 1.54) is 0 Å². The molecule has 8 heteroatoms. The molecule has 1 unspecified atom stereocenters. The van der Waals surface area contributed by atoms with Crippen LogP contribution in [-0.2, 0) is 19.6 Å². The van der Waals surface area contributed by atoms with Crippen LogP contribution in [0.15, 0.2) is 0 Å². The summed E-state index contributed by atoms with van der Waals surface area (Å²) in [5.41, 5.74) is 0. The smallest absolute Gasteiger partial charge is 0.240 e. The van der Waals surface area contributed by atoms with Crippen molar-refractivity contribution in [2.75, 3.05) is 32.1 Å². The largest absolute Gasteiger partial charge is 0.394 e. The van der Waals surface area contributed by atoms with Crippen LogP contribution in [0.5, 0.6) is 0 Å². The molecule has 0 saturated carbocycles. The predicted molar refractivity (Wildman–Crippen MR) is 79.3 cm³/mol. The van der Waals surface area contributed by atoms with Gasteiger partial charge in [0.05, 0.1) is 31.1 Å². The van der Waals surface area contributed by atoms with Crippen LogP contribution in [-0.4, -0.2) is 68.5 Å². The number of amides is 1. The first kappa shape index (κ1) is 18.3. The van der Waals surface area contributed by atoms with E-state index in [0.29, 0.717) is 39.0 Å². The number of ether oxygens (including phenoxy) is 1. The fourth-order valence-corrected chi connectivity index (χ4v) is 3.68. The maximum atomic E-state index is 12.2. The van der Waals surface area contributed by atoms with Crippen LogP contribution in [0.2, 0.25) is 0 Å². The van der Waals surface area contributed by atoms with Crippen LogP contribution < -0.4 is 4.72 Å².